The second-order valence-electron chi connectivity index (χ2n) is 7.92. The molecule has 1 amide bonds. The van der Waals surface area contributed by atoms with E-state index in [2.05, 4.69) is 10.5 Å². The molecule has 38 heavy (non-hydrogen) atoms. The highest BCUT2D eigenvalue weighted by Crippen LogP contribution is 2.37. The molecule has 1 aromatic heterocycles. The number of nitro benzene ring substituents is 1. The van der Waals surface area contributed by atoms with Crippen LogP contribution in [-0.2, 0) is 6.61 Å². The number of ether oxygens (including phenoxy) is 3. The number of nitro groups is 1. The smallest absolute Gasteiger partial charge is 0.307 e. The second-order valence-corrected chi connectivity index (χ2v) is 8.33. The van der Waals surface area contributed by atoms with E-state index in [1.807, 2.05) is 13.8 Å². The van der Waals surface area contributed by atoms with Gasteiger partial charge in [0.05, 0.1) is 29.4 Å². The van der Waals surface area contributed by atoms with Gasteiger partial charge in [0.1, 0.15) is 17.9 Å². The number of halogens is 1. The van der Waals surface area contributed by atoms with Crippen molar-refractivity contribution in [3.05, 3.63) is 92.7 Å². The Balaban J connectivity index is 1.45. The Bertz CT molecular complexity index is 1500. The van der Waals surface area contributed by atoms with Crippen LogP contribution in [0.4, 0.5) is 5.69 Å². The highest BCUT2D eigenvalue weighted by molar-refractivity contribution is 6.32. The summed E-state index contributed by atoms with van der Waals surface area (Å²) >= 11 is 6.45. The number of nitrogens with one attached hydrogen (secondary N) is 1. The molecular formula is C27H24ClN3O7. The van der Waals surface area contributed by atoms with Crippen molar-refractivity contribution in [2.24, 2.45) is 5.10 Å². The molecule has 4 rings (SSSR count). The Hall–Kier alpha value is -4.57. The highest BCUT2D eigenvalue weighted by Gasteiger charge is 2.15. The molecule has 0 saturated carbocycles. The molecule has 0 aliphatic carbocycles. The number of hydrazone groups is 1. The summed E-state index contributed by atoms with van der Waals surface area (Å²) < 4.78 is 22.6. The minimum atomic E-state index is -0.525. The topological polar surface area (TPSA) is 125 Å². The molecule has 0 aliphatic rings. The van der Waals surface area contributed by atoms with Gasteiger partial charge in [-0.1, -0.05) is 23.7 Å². The number of non-ortho nitro benzene ring substituents is 1. The van der Waals surface area contributed by atoms with Gasteiger partial charge >= 0.3 is 5.91 Å². The fourth-order valence-electron chi connectivity index (χ4n) is 3.59. The highest BCUT2D eigenvalue weighted by atomic mass is 35.5. The molecule has 0 unspecified atom stereocenters. The van der Waals surface area contributed by atoms with Crippen LogP contribution >= 0.6 is 11.6 Å². The minimum absolute atomic E-state index is 0.0336. The number of rotatable bonds is 11. The molecule has 4 aromatic rings. The first-order valence-electron chi connectivity index (χ1n) is 11.7. The van der Waals surface area contributed by atoms with Crippen molar-refractivity contribution in [3.63, 3.8) is 0 Å². The van der Waals surface area contributed by atoms with Crippen LogP contribution in [0.1, 0.15) is 35.5 Å². The zero-order valence-electron chi connectivity index (χ0n) is 20.6. The van der Waals surface area contributed by atoms with E-state index >= 15 is 0 Å². The maximum Gasteiger partial charge on any atom is 0.307 e. The van der Waals surface area contributed by atoms with E-state index in [9.17, 15) is 14.9 Å². The van der Waals surface area contributed by atoms with Gasteiger partial charge in [-0.15, -0.1) is 0 Å². The number of nitrogens with zero attached hydrogens (tertiary/aromatic N) is 2. The van der Waals surface area contributed by atoms with E-state index < -0.39 is 10.8 Å². The van der Waals surface area contributed by atoms with Gasteiger partial charge in [-0.2, -0.15) is 5.10 Å². The second kappa shape index (κ2) is 12.1. The summed E-state index contributed by atoms with van der Waals surface area (Å²) in [6.45, 7) is 4.63. The van der Waals surface area contributed by atoms with Gasteiger partial charge < -0.3 is 18.6 Å². The van der Waals surface area contributed by atoms with Crippen LogP contribution in [-0.4, -0.2) is 30.3 Å². The van der Waals surface area contributed by atoms with Crippen LogP contribution in [0.5, 0.6) is 17.2 Å². The van der Waals surface area contributed by atoms with E-state index in [1.165, 1.54) is 18.3 Å². The Morgan fingerprint density at radius 2 is 1.89 bits per heavy atom. The van der Waals surface area contributed by atoms with Gasteiger partial charge in [0.25, 0.3) is 5.69 Å². The first-order chi connectivity index (χ1) is 18.4. The summed E-state index contributed by atoms with van der Waals surface area (Å²) in [6.07, 6.45) is 1.41. The first-order valence-corrected chi connectivity index (χ1v) is 12.1. The number of hydrogen-bond donors (Lipinski definition) is 1. The minimum Gasteiger partial charge on any atom is -0.494 e. The number of carbonyl (C=O) groups is 1. The molecule has 0 atom stereocenters. The van der Waals surface area contributed by atoms with E-state index in [0.29, 0.717) is 41.4 Å². The van der Waals surface area contributed by atoms with Crippen LogP contribution in [0.25, 0.3) is 11.0 Å². The van der Waals surface area contributed by atoms with Gasteiger partial charge in [0.15, 0.2) is 17.3 Å². The molecular weight excluding hydrogens is 514 g/mol. The van der Waals surface area contributed by atoms with Crippen molar-refractivity contribution < 1.29 is 28.3 Å². The SMILES string of the molecule is CCOc1ccc2oc(C(=O)N/N=C/c3cc(Cl)c(OCc4cccc([N+](=O)[O-])c4)c(OCC)c3)cc2c1. The van der Waals surface area contributed by atoms with Gasteiger partial charge in [0.2, 0.25) is 0 Å². The third-order valence-corrected chi connectivity index (χ3v) is 5.52. The molecule has 0 bridgehead atoms. The molecule has 1 N–H and O–H groups in total. The molecule has 0 radical (unpaired) electrons. The first kappa shape index (κ1) is 26.5. The summed E-state index contributed by atoms with van der Waals surface area (Å²) in [5.41, 5.74) is 4.10. The zero-order chi connectivity index (χ0) is 27.1. The predicted octanol–water partition coefficient (Wildman–Crippen LogP) is 6.13. The summed E-state index contributed by atoms with van der Waals surface area (Å²) in [4.78, 5) is 23.1. The quantitative estimate of drug-likeness (QED) is 0.138. The van der Waals surface area contributed by atoms with Crippen molar-refractivity contribution in [3.8, 4) is 17.2 Å². The fourth-order valence-corrected chi connectivity index (χ4v) is 3.86. The lowest BCUT2D eigenvalue weighted by Crippen LogP contribution is -2.16. The molecule has 0 saturated heterocycles. The lowest BCUT2D eigenvalue weighted by Gasteiger charge is -2.14. The maximum atomic E-state index is 12.5. The van der Waals surface area contributed by atoms with Gasteiger partial charge in [0, 0.05) is 17.5 Å². The molecule has 0 fully saturated rings. The molecule has 10 nitrogen and oxygen atoms in total. The van der Waals surface area contributed by atoms with Crippen LogP contribution in [0, 0.1) is 10.1 Å². The van der Waals surface area contributed by atoms with Crippen molar-refractivity contribution in [1.82, 2.24) is 5.43 Å². The Morgan fingerprint density at radius 1 is 1.08 bits per heavy atom. The number of furan rings is 1. The summed E-state index contributed by atoms with van der Waals surface area (Å²) in [6, 6.07) is 16.3. The monoisotopic (exact) mass is 537 g/mol. The zero-order valence-corrected chi connectivity index (χ0v) is 21.4. The lowest BCUT2D eigenvalue weighted by molar-refractivity contribution is -0.384. The van der Waals surface area contributed by atoms with Crippen molar-refractivity contribution in [2.75, 3.05) is 13.2 Å². The molecule has 11 heteroatoms. The third-order valence-electron chi connectivity index (χ3n) is 5.24. The van der Waals surface area contributed by atoms with Crippen LogP contribution in [0.3, 0.4) is 0 Å². The largest absolute Gasteiger partial charge is 0.494 e. The van der Waals surface area contributed by atoms with E-state index in [0.717, 1.165) is 5.39 Å². The van der Waals surface area contributed by atoms with E-state index in [1.54, 1.807) is 48.5 Å². The van der Waals surface area contributed by atoms with E-state index in [4.69, 9.17) is 30.2 Å². The Labute approximate surface area is 222 Å². The predicted molar refractivity (Wildman–Crippen MR) is 142 cm³/mol. The van der Waals surface area contributed by atoms with Gasteiger partial charge in [-0.05, 0) is 61.4 Å². The molecule has 0 aliphatic heterocycles. The fraction of sp³-hybridized carbons (Fsp3) is 0.185. The number of fused-ring (bicyclic) bond motifs is 1. The normalized spacial score (nSPS) is 11.0. The standard InChI is InChI=1S/C27H24ClN3O7/c1-3-35-21-8-9-23-19(13-21)14-25(38-23)27(32)30-29-15-18-11-22(28)26(24(12-18)36-4-2)37-16-17-6-5-7-20(10-17)31(33)34/h5-15H,3-4,16H2,1-2H3,(H,30,32)/b29-15+. The lowest BCUT2D eigenvalue weighted by atomic mass is 10.2. The van der Waals surface area contributed by atoms with Crippen molar-refractivity contribution in [2.45, 2.75) is 20.5 Å². The van der Waals surface area contributed by atoms with Gasteiger partial charge in [-0.25, -0.2) is 5.43 Å². The summed E-state index contributed by atoms with van der Waals surface area (Å²) in [5, 5.41) is 16.0. The number of hydrogen-bond acceptors (Lipinski definition) is 8. The van der Waals surface area contributed by atoms with Crippen molar-refractivity contribution >= 4 is 40.4 Å². The number of carbonyl (C=O) groups excluding carboxylic acids is 1. The molecule has 196 valence electrons. The number of benzene rings is 3. The van der Waals surface area contributed by atoms with Crippen molar-refractivity contribution in [1.29, 1.82) is 0 Å². The summed E-state index contributed by atoms with van der Waals surface area (Å²) in [5.74, 6) is 0.910. The average molecular weight is 538 g/mol. The maximum absolute atomic E-state index is 12.5. The van der Waals surface area contributed by atoms with Crippen LogP contribution in [0.2, 0.25) is 5.02 Å². The molecule has 1 heterocycles. The third kappa shape index (κ3) is 6.40. The Kier molecular flexibility index (Phi) is 8.44. The Morgan fingerprint density at radius 3 is 2.66 bits per heavy atom. The van der Waals surface area contributed by atoms with Crippen LogP contribution in [0.15, 0.2) is 70.2 Å². The van der Waals surface area contributed by atoms with E-state index in [-0.39, 0.29) is 28.8 Å². The van der Waals surface area contributed by atoms with Crippen LogP contribution < -0.4 is 19.6 Å². The summed E-state index contributed by atoms with van der Waals surface area (Å²) in [7, 11) is 0. The number of amides is 1. The molecule has 3 aromatic carbocycles. The average Bonchev–Trinajstić information content (AvgIpc) is 3.32. The molecule has 0 spiro atoms. The van der Waals surface area contributed by atoms with Gasteiger partial charge in [-0.3, -0.25) is 14.9 Å².